The Bertz CT molecular complexity index is 1260. The summed E-state index contributed by atoms with van der Waals surface area (Å²) in [6, 6.07) is 11.2. The van der Waals surface area contributed by atoms with Crippen LogP contribution in [0.3, 0.4) is 0 Å². The maximum absolute atomic E-state index is 13.0. The summed E-state index contributed by atoms with van der Waals surface area (Å²) in [4.78, 5) is 33.3. The van der Waals surface area contributed by atoms with E-state index in [1.54, 1.807) is 25.2 Å². The molecule has 3 aliphatic heterocycles. The van der Waals surface area contributed by atoms with Crippen molar-refractivity contribution in [1.82, 2.24) is 19.6 Å². The topological polar surface area (TPSA) is 85.8 Å². The second kappa shape index (κ2) is 11.4. The maximum atomic E-state index is 13.0. The summed E-state index contributed by atoms with van der Waals surface area (Å²) in [5.41, 5.74) is 2.11. The van der Waals surface area contributed by atoms with Crippen molar-refractivity contribution in [2.75, 3.05) is 59.7 Å². The van der Waals surface area contributed by atoms with Crippen molar-refractivity contribution < 1.29 is 24.2 Å². The number of benzene rings is 2. The van der Waals surface area contributed by atoms with Gasteiger partial charge in [-0.15, -0.1) is 0 Å². The van der Waals surface area contributed by atoms with Crippen molar-refractivity contribution in [3.8, 4) is 11.5 Å². The average Bonchev–Trinajstić information content (AvgIpc) is 3.49. The minimum absolute atomic E-state index is 0.0965. The third kappa shape index (κ3) is 5.86. The second-order valence-electron chi connectivity index (χ2n) is 9.77. The molecular formula is C27H30Cl2N4O5. The minimum atomic E-state index is -0.502. The Morgan fingerprint density at radius 1 is 0.947 bits per heavy atom. The molecule has 3 aliphatic rings. The van der Waals surface area contributed by atoms with Crippen molar-refractivity contribution in [2.45, 2.75) is 13.1 Å². The third-order valence-corrected chi connectivity index (χ3v) is 7.87. The zero-order valence-corrected chi connectivity index (χ0v) is 22.7. The highest BCUT2D eigenvalue weighted by atomic mass is 35.5. The van der Waals surface area contributed by atoms with Crippen LogP contribution in [0.2, 0.25) is 10.0 Å². The highest BCUT2D eigenvalue weighted by molar-refractivity contribution is 6.42. The number of carbonyl (C=O) groups is 2. The fraction of sp³-hybridized carbons (Fsp3) is 0.407. The Labute approximate surface area is 231 Å². The van der Waals surface area contributed by atoms with Gasteiger partial charge in [-0.3, -0.25) is 19.4 Å². The number of nitrogens with zero attached hydrogens (tertiary/aromatic N) is 4. The largest absolute Gasteiger partial charge is 0.503 e. The van der Waals surface area contributed by atoms with E-state index in [9.17, 15) is 14.7 Å². The predicted octanol–water partition coefficient (Wildman–Crippen LogP) is 3.15. The number of rotatable bonds is 8. The number of ether oxygens (including phenoxy) is 2. The normalized spacial score (nSPS) is 18.0. The Hall–Kier alpha value is -2.98. The van der Waals surface area contributed by atoms with Crippen molar-refractivity contribution in [3.63, 3.8) is 0 Å². The molecule has 2 aromatic carbocycles. The monoisotopic (exact) mass is 560 g/mol. The lowest BCUT2D eigenvalue weighted by molar-refractivity contribution is -0.128. The van der Waals surface area contributed by atoms with Gasteiger partial charge in [0.05, 0.1) is 22.2 Å². The molecule has 0 atom stereocenters. The number of piperazine rings is 1. The molecule has 2 aromatic rings. The molecule has 202 valence electrons. The van der Waals surface area contributed by atoms with Crippen molar-refractivity contribution >= 4 is 35.0 Å². The number of carbonyl (C=O) groups excluding carboxylic acids is 2. The number of likely N-dealkylation sites (N-methyl/N-ethyl adjacent to an activating group) is 1. The highest BCUT2D eigenvalue weighted by Crippen LogP contribution is 2.33. The average molecular weight is 561 g/mol. The molecule has 0 spiro atoms. The number of amides is 2. The van der Waals surface area contributed by atoms with Gasteiger partial charge in [0.25, 0.3) is 11.8 Å². The standard InChI is InChI=1S/C27H30Cl2N4O5/c1-30(14-18-2-4-21(28)22(29)12-18)26(35)20-16-33(27(36)25(20)34)11-10-31-6-8-32(9-7-31)15-19-3-5-23-24(13-19)38-17-37-23/h2-5,12-13,34H,6-11,14-17H2,1H3. The van der Waals surface area contributed by atoms with Crippen LogP contribution in [0.4, 0.5) is 0 Å². The number of fused-ring (bicyclic) bond motifs is 1. The Morgan fingerprint density at radius 3 is 2.42 bits per heavy atom. The minimum Gasteiger partial charge on any atom is -0.503 e. The van der Waals surface area contributed by atoms with Crippen LogP contribution < -0.4 is 9.47 Å². The fourth-order valence-corrected chi connectivity index (χ4v) is 5.23. The van der Waals surface area contributed by atoms with Crippen LogP contribution in [0.5, 0.6) is 11.5 Å². The molecule has 0 saturated carbocycles. The molecule has 38 heavy (non-hydrogen) atoms. The van der Waals surface area contributed by atoms with Crippen LogP contribution in [0, 0.1) is 0 Å². The van der Waals surface area contributed by atoms with Gasteiger partial charge in [0.15, 0.2) is 17.3 Å². The van der Waals surface area contributed by atoms with Gasteiger partial charge in [-0.25, -0.2) is 0 Å². The quantitative estimate of drug-likeness (QED) is 0.530. The first-order valence-electron chi connectivity index (χ1n) is 12.5. The summed E-state index contributed by atoms with van der Waals surface area (Å²) in [7, 11) is 1.63. The molecule has 0 aromatic heterocycles. The summed E-state index contributed by atoms with van der Waals surface area (Å²) in [5, 5.41) is 11.3. The van der Waals surface area contributed by atoms with Gasteiger partial charge >= 0.3 is 0 Å². The van der Waals surface area contributed by atoms with Gasteiger partial charge in [0.2, 0.25) is 6.79 Å². The van der Waals surface area contributed by atoms with E-state index in [2.05, 4.69) is 15.9 Å². The molecule has 1 N–H and O–H groups in total. The number of aliphatic hydroxyl groups is 1. The molecule has 1 saturated heterocycles. The molecular weight excluding hydrogens is 531 g/mol. The van der Waals surface area contributed by atoms with Gasteiger partial charge < -0.3 is 24.4 Å². The van der Waals surface area contributed by atoms with E-state index >= 15 is 0 Å². The fourth-order valence-electron chi connectivity index (χ4n) is 4.91. The van der Waals surface area contributed by atoms with Crippen LogP contribution in [0.15, 0.2) is 47.7 Å². The van der Waals surface area contributed by atoms with E-state index < -0.39 is 11.7 Å². The highest BCUT2D eigenvalue weighted by Gasteiger charge is 2.35. The SMILES string of the molecule is CN(Cc1ccc(Cl)c(Cl)c1)C(=O)C1=C(O)C(=O)N(CCN2CCN(Cc3ccc4c(c3)OCO4)CC2)C1. The maximum Gasteiger partial charge on any atom is 0.289 e. The molecule has 5 rings (SSSR count). The molecule has 11 heteroatoms. The summed E-state index contributed by atoms with van der Waals surface area (Å²) in [5.74, 6) is 0.231. The van der Waals surface area contributed by atoms with E-state index in [4.69, 9.17) is 32.7 Å². The van der Waals surface area contributed by atoms with Gasteiger partial charge in [0.1, 0.15) is 0 Å². The van der Waals surface area contributed by atoms with Crippen LogP contribution >= 0.6 is 23.2 Å². The van der Waals surface area contributed by atoms with Crippen molar-refractivity contribution in [1.29, 1.82) is 0 Å². The van der Waals surface area contributed by atoms with Crippen LogP contribution in [-0.4, -0.2) is 96.2 Å². The van der Waals surface area contributed by atoms with E-state index in [1.165, 1.54) is 15.4 Å². The van der Waals surface area contributed by atoms with Crippen LogP contribution in [-0.2, 0) is 22.7 Å². The lowest BCUT2D eigenvalue weighted by atomic mass is 10.1. The van der Waals surface area contributed by atoms with Crippen molar-refractivity contribution in [3.05, 3.63) is 68.9 Å². The summed E-state index contributed by atoms with van der Waals surface area (Å²) < 4.78 is 10.9. The number of hydrogen-bond acceptors (Lipinski definition) is 7. The van der Waals surface area contributed by atoms with E-state index in [-0.39, 0.29) is 31.4 Å². The molecule has 2 amide bonds. The lowest BCUT2D eigenvalue weighted by Gasteiger charge is -2.35. The summed E-state index contributed by atoms with van der Waals surface area (Å²) in [6.45, 7) is 6.19. The molecule has 0 aliphatic carbocycles. The predicted molar refractivity (Wildman–Crippen MR) is 143 cm³/mol. The number of hydrogen-bond donors (Lipinski definition) is 1. The first kappa shape index (κ1) is 26.6. The Morgan fingerprint density at radius 2 is 1.66 bits per heavy atom. The summed E-state index contributed by atoms with van der Waals surface area (Å²) >= 11 is 12.0. The molecule has 0 bridgehead atoms. The van der Waals surface area contributed by atoms with Crippen molar-refractivity contribution in [2.24, 2.45) is 0 Å². The smallest absolute Gasteiger partial charge is 0.289 e. The van der Waals surface area contributed by atoms with E-state index in [0.717, 1.165) is 49.8 Å². The molecule has 3 heterocycles. The number of aliphatic hydroxyl groups excluding tert-OH is 1. The zero-order chi connectivity index (χ0) is 26.8. The molecule has 1 fully saturated rings. The zero-order valence-electron chi connectivity index (χ0n) is 21.2. The molecule has 9 nitrogen and oxygen atoms in total. The van der Waals surface area contributed by atoms with Gasteiger partial charge in [0, 0.05) is 59.4 Å². The number of halogens is 2. The Kier molecular flexibility index (Phi) is 7.99. The van der Waals surface area contributed by atoms with E-state index in [0.29, 0.717) is 23.1 Å². The second-order valence-corrected chi connectivity index (χ2v) is 10.6. The van der Waals surface area contributed by atoms with Crippen LogP contribution in [0.25, 0.3) is 0 Å². The lowest BCUT2D eigenvalue weighted by Crippen LogP contribution is -2.48. The van der Waals surface area contributed by atoms with Gasteiger partial charge in [-0.05, 0) is 35.4 Å². The molecule has 0 radical (unpaired) electrons. The van der Waals surface area contributed by atoms with Gasteiger partial charge in [-0.1, -0.05) is 35.3 Å². The molecule has 0 unspecified atom stereocenters. The first-order valence-corrected chi connectivity index (χ1v) is 13.3. The van der Waals surface area contributed by atoms with Crippen LogP contribution in [0.1, 0.15) is 11.1 Å². The first-order chi connectivity index (χ1) is 18.3. The third-order valence-electron chi connectivity index (χ3n) is 7.13. The Balaban J connectivity index is 1.08. The van der Waals surface area contributed by atoms with E-state index in [1.807, 2.05) is 12.1 Å². The van der Waals surface area contributed by atoms with Gasteiger partial charge in [-0.2, -0.15) is 0 Å². The summed E-state index contributed by atoms with van der Waals surface area (Å²) in [6.07, 6.45) is 0.